The van der Waals surface area contributed by atoms with Gasteiger partial charge in [0, 0.05) is 24.5 Å². The lowest BCUT2D eigenvalue weighted by Gasteiger charge is -2.33. The summed E-state index contributed by atoms with van der Waals surface area (Å²) in [7, 11) is 0. The van der Waals surface area contributed by atoms with Crippen molar-refractivity contribution in [1.82, 2.24) is 15.2 Å². The SMILES string of the molecule is O=C(NC1CCCCC1)[C@@H](c1ccncc1)N(C(=O)C(F)(F)F)C1CC1. The first kappa shape index (κ1) is 18.7. The van der Waals surface area contributed by atoms with Crippen LogP contribution in [0.15, 0.2) is 24.5 Å². The third kappa shape index (κ3) is 4.34. The number of halogens is 3. The molecule has 2 aliphatic rings. The Balaban J connectivity index is 1.89. The Morgan fingerprint density at radius 2 is 1.69 bits per heavy atom. The van der Waals surface area contributed by atoms with E-state index >= 15 is 0 Å². The highest BCUT2D eigenvalue weighted by Crippen LogP contribution is 2.38. The maximum absolute atomic E-state index is 13.2. The molecule has 1 aromatic heterocycles. The number of hydrogen-bond acceptors (Lipinski definition) is 3. The first-order chi connectivity index (χ1) is 12.4. The van der Waals surface area contributed by atoms with E-state index in [2.05, 4.69) is 10.3 Å². The molecule has 2 amide bonds. The predicted molar refractivity (Wildman–Crippen MR) is 87.9 cm³/mol. The summed E-state index contributed by atoms with van der Waals surface area (Å²) in [5.74, 6) is -2.51. The molecule has 2 saturated carbocycles. The number of rotatable bonds is 5. The zero-order valence-electron chi connectivity index (χ0n) is 14.3. The number of nitrogens with zero attached hydrogens (tertiary/aromatic N) is 2. The lowest BCUT2D eigenvalue weighted by Crippen LogP contribution is -2.51. The Morgan fingerprint density at radius 3 is 2.23 bits per heavy atom. The quantitative estimate of drug-likeness (QED) is 0.867. The van der Waals surface area contributed by atoms with Gasteiger partial charge in [-0.15, -0.1) is 0 Å². The average molecular weight is 369 g/mol. The number of alkyl halides is 3. The molecule has 2 aliphatic carbocycles. The van der Waals surface area contributed by atoms with Gasteiger partial charge in [0.15, 0.2) is 0 Å². The molecule has 0 saturated heterocycles. The van der Waals surface area contributed by atoms with Crippen LogP contribution in [0.25, 0.3) is 0 Å². The maximum Gasteiger partial charge on any atom is 0.471 e. The smallest absolute Gasteiger partial charge is 0.351 e. The van der Waals surface area contributed by atoms with Crippen molar-refractivity contribution in [1.29, 1.82) is 0 Å². The van der Waals surface area contributed by atoms with Gasteiger partial charge >= 0.3 is 12.1 Å². The van der Waals surface area contributed by atoms with Crippen LogP contribution in [0.2, 0.25) is 0 Å². The lowest BCUT2D eigenvalue weighted by atomic mass is 9.94. The molecule has 0 radical (unpaired) electrons. The Bertz CT molecular complexity index is 641. The molecule has 0 spiro atoms. The van der Waals surface area contributed by atoms with E-state index in [-0.39, 0.29) is 6.04 Å². The topological polar surface area (TPSA) is 62.3 Å². The van der Waals surface area contributed by atoms with Crippen molar-refractivity contribution in [3.8, 4) is 0 Å². The highest BCUT2D eigenvalue weighted by molar-refractivity contribution is 5.91. The van der Waals surface area contributed by atoms with Gasteiger partial charge in [0.25, 0.3) is 0 Å². The molecule has 1 atom stereocenters. The van der Waals surface area contributed by atoms with Gasteiger partial charge in [0.2, 0.25) is 5.91 Å². The van der Waals surface area contributed by atoms with Gasteiger partial charge in [-0.25, -0.2) is 0 Å². The molecule has 0 aromatic carbocycles. The Hall–Kier alpha value is -2.12. The van der Waals surface area contributed by atoms with Crippen LogP contribution in [0.4, 0.5) is 13.2 Å². The molecule has 5 nitrogen and oxygen atoms in total. The minimum absolute atomic E-state index is 0.0531. The minimum atomic E-state index is -5.01. The zero-order chi connectivity index (χ0) is 18.7. The van der Waals surface area contributed by atoms with Crippen LogP contribution in [-0.4, -0.2) is 40.0 Å². The average Bonchev–Trinajstić information content (AvgIpc) is 3.44. The molecule has 1 N–H and O–H groups in total. The Morgan fingerprint density at radius 1 is 1.08 bits per heavy atom. The van der Waals surface area contributed by atoms with Crippen molar-refractivity contribution in [2.24, 2.45) is 0 Å². The molecule has 0 unspecified atom stereocenters. The number of carbonyl (C=O) groups is 2. The van der Waals surface area contributed by atoms with E-state index in [4.69, 9.17) is 0 Å². The Labute approximate surface area is 150 Å². The fourth-order valence-corrected chi connectivity index (χ4v) is 3.50. The minimum Gasteiger partial charge on any atom is -0.351 e. The first-order valence-electron chi connectivity index (χ1n) is 8.97. The molecular weight excluding hydrogens is 347 g/mol. The second kappa shape index (κ2) is 7.63. The maximum atomic E-state index is 13.2. The van der Waals surface area contributed by atoms with Gasteiger partial charge in [0.05, 0.1) is 0 Å². The summed E-state index contributed by atoms with van der Waals surface area (Å²) in [6.07, 6.45) is 3.45. The van der Waals surface area contributed by atoms with Crippen molar-refractivity contribution >= 4 is 11.8 Å². The molecule has 1 heterocycles. The molecule has 1 aromatic rings. The third-order valence-electron chi connectivity index (χ3n) is 4.92. The molecular formula is C18H22F3N3O2. The van der Waals surface area contributed by atoms with Crippen molar-refractivity contribution in [3.05, 3.63) is 30.1 Å². The summed E-state index contributed by atoms with van der Waals surface area (Å²) in [6.45, 7) is 0. The van der Waals surface area contributed by atoms with E-state index in [0.29, 0.717) is 23.3 Å². The molecule has 26 heavy (non-hydrogen) atoms. The van der Waals surface area contributed by atoms with Crippen LogP contribution in [0, 0.1) is 0 Å². The van der Waals surface area contributed by atoms with Crippen molar-refractivity contribution < 1.29 is 22.8 Å². The fourth-order valence-electron chi connectivity index (χ4n) is 3.50. The van der Waals surface area contributed by atoms with Crippen molar-refractivity contribution in [2.75, 3.05) is 0 Å². The summed E-state index contributed by atoms with van der Waals surface area (Å²) in [6, 6.07) is 1.08. The van der Waals surface area contributed by atoms with Gasteiger partial charge in [-0.2, -0.15) is 13.2 Å². The van der Waals surface area contributed by atoms with Crippen LogP contribution in [0.3, 0.4) is 0 Å². The van der Waals surface area contributed by atoms with E-state index in [0.717, 1.165) is 32.1 Å². The van der Waals surface area contributed by atoms with Crippen LogP contribution < -0.4 is 5.32 Å². The number of nitrogens with one attached hydrogen (secondary N) is 1. The summed E-state index contributed by atoms with van der Waals surface area (Å²) in [5.41, 5.74) is 0.345. The second-order valence-electron chi connectivity index (χ2n) is 6.97. The van der Waals surface area contributed by atoms with Gasteiger partial charge in [-0.1, -0.05) is 19.3 Å². The van der Waals surface area contributed by atoms with Gasteiger partial charge in [0.1, 0.15) is 6.04 Å². The monoisotopic (exact) mass is 369 g/mol. The van der Waals surface area contributed by atoms with Crippen LogP contribution >= 0.6 is 0 Å². The standard InChI is InChI=1S/C18H22F3N3O2/c19-18(20,21)17(26)24(14-6-7-14)15(12-8-10-22-11-9-12)16(25)23-13-4-2-1-3-5-13/h8-11,13-15H,1-7H2,(H,23,25)/t15-/m1/s1. The number of hydrogen-bond donors (Lipinski definition) is 1. The summed E-state index contributed by atoms with van der Waals surface area (Å²) < 4.78 is 39.5. The second-order valence-corrected chi connectivity index (χ2v) is 6.97. The van der Waals surface area contributed by atoms with Crippen LogP contribution in [-0.2, 0) is 9.59 Å². The summed E-state index contributed by atoms with van der Waals surface area (Å²) in [5, 5.41) is 2.87. The Kier molecular flexibility index (Phi) is 5.48. The third-order valence-corrected chi connectivity index (χ3v) is 4.92. The summed E-state index contributed by atoms with van der Waals surface area (Å²) >= 11 is 0. The van der Waals surface area contributed by atoms with Gasteiger partial charge in [-0.3, -0.25) is 14.6 Å². The zero-order valence-corrected chi connectivity index (χ0v) is 14.3. The fraction of sp³-hybridized carbons (Fsp3) is 0.611. The van der Waals surface area contributed by atoms with E-state index in [1.165, 1.54) is 24.5 Å². The molecule has 142 valence electrons. The highest BCUT2D eigenvalue weighted by Gasteiger charge is 2.51. The van der Waals surface area contributed by atoms with Crippen LogP contribution in [0.1, 0.15) is 56.6 Å². The predicted octanol–water partition coefficient (Wildman–Crippen LogP) is 3.12. The van der Waals surface area contributed by atoms with E-state index < -0.39 is 30.1 Å². The number of carbonyl (C=O) groups excluding carboxylic acids is 2. The van der Waals surface area contributed by atoms with Crippen LogP contribution in [0.5, 0.6) is 0 Å². The highest BCUT2D eigenvalue weighted by atomic mass is 19.4. The number of amides is 2. The lowest BCUT2D eigenvalue weighted by molar-refractivity contribution is -0.189. The van der Waals surface area contributed by atoms with E-state index in [1.807, 2.05) is 0 Å². The first-order valence-corrected chi connectivity index (χ1v) is 8.97. The van der Waals surface area contributed by atoms with Gasteiger partial charge < -0.3 is 10.2 Å². The van der Waals surface area contributed by atoms with E-state index in [9.17, 15) is 22.8 Å². The van der Waals surface area contributed by atoms with Gasteiger partial charge in [-0.05, 0) is 43.4 Å². The number of pyridine rings is 1. The van der Waals surface area contributed by atoms with E-state index in [1.54, 1.807) is 0 Å². The molecule has 3 rings (SSSR count). The molecule has 0 bridgehead atoms. The normalized spacial score (nSPS) is 19.7. The number of aromatic nitrogens is 1. The molecule has 2 fully saturated rings. The summed E-state index contributed by atoms with van der Waals surface area (Å²) in [4.78, 5) is 29.6. The largest absolute Gasteiger partial charge is 0.471 e. The van der Waals surface area contributed by atoms with Crippen molar-refractivity contribution in [2.45, 2.75) is 69.2 Å². The van der Waals surface area contributed by atoms with Crippen molar-refractivity contribution in [3.63, 3.8) is 0 Å². The molecule has 8 heteroatoms. The molecule has 0 aliphatic heterocycles.